The summed E-state index contributed by atoms with van der Waals surface area (Å²) in [6.45, 7) is 10.1. The molecule has 20 heavy (non-hydrogen) atoms. The van der Waals surface area contributed by atoms with Crippen molar-refractivity contribution in [2.45, 2.75) is 72.3 Å². The number of aryl methyl sites for hydroxylation is 2. The molecule has 112 valence electrons. The van der Waals surface area contributed by atoms with E-state index >= 15 is 0 Å². The van der Waals surface area contributed by atoms with E-state index in [0.717, 1.165) is 0 Å². The molecule has 1 N–H and O–H groups in total. The van der Waals surface area contributed by atoms with Crippen LogP contribution >= 0.6 is 0 Å². The highest BCUT2D eigenvalue weighted by molar-refractivity contribution is 5.29. The normalized spacial score (nSPS) is 18.4. The van der Waals surface area contributed by atoms with Crippen molar-refractivity contribution in [2.24, 2.45) is 5.41 Å². The van der Waals surface area contributed by atoms with Gasteiger partial charge in [-0.25, -0.2) is 0 Å². The first kappa shape index (κ1) is 15.6. The van der Waals surface area contributed by atoms with Gasteiger partial charge in [-0.05, 0) is 44.1 Å². The highest BCUT2D eigenvalue weighted by atomic mass is 14.9. The molecule has 0 heterocycles. The lowest BCUT2D eigenvalue weighted by atomic mass is 9.70. The Morgan fingerprint density at radius 1 is 1.00 bits per heavy atom. The van der Waals surface area contributed by atoms with Crippen LogP contribution in [-0.2, 0) is 6.42 Å². The van der Waals surface area contributed by atoms with E-state index in [4.69, 9.17) is 0 Å². The van der Waals surface area contributed by atoms with Crippen LogP contribution in [0.3, 0.4) is 0 Å². The molecule has 1 heteroatoms. The fourth-order valence-corrected chi connectivity index (χ4v) is 3.74. The van der Waals surface area contributed by atoms with Gasteiger partial charge in [0.1, 0.15) is 0 Å². The third-order valence-electron chi connectivity index (χ3n) is 4.66. The van der Waals surface area contributed by atoms with E-state index in [2.05, 4.69) is 51.2 Å². The maximum Gasteiger partial charge on any atom is 0.00134 e. The SMILES string of the molecule is Cc1cc(C)cc(CC2(CNC(C)C)CCCCC2)c1. The summed E-state index contributed by atoms with van der Waals surface area (Å²) >= 11 is 0. The Morgan fingerprint density at radius 2 is 1.60 bits per heavy atom. The van der Waals surface area contributed by atoms with Gasteiger partial charge in [-0.3, -0.25) is 0 Å². The predicted octanol–water partition coefficient (Wildman–Crippen LogP) is 4.79. The summed E-state index contributed by atoms with van der Waals surface area (Å²) in [6, 6.07) is 7.65. The number of benzene rings is 1. The molecule has 0 atom stereocenters. The van der Waals surface area contributed by atoms with E-state index in [0.29, 0.717) is 11.5 Å². The molecule has 0 bridgehead atoms. The molecule has 0 unspecified atom stereocenters. The molecule has 1 aromatic rings. The molecule has 1 saturated carbocycles. The van der Waals surface area contributed by atoms with E-state index in [1.807, 2.05) is 0 Å². The van der Waals surface area contributed by atoms with Gasteiger partial charge in [-0.2, -0.15) is 0 Å². The minimum Gasteiger partial charge on any atom is -0.314 e. The highest BCUT2D eigenvalue weighted by Gasteiger charge is 2.32. The Bertz CT molecular complexity index is 407. The highest BCUT2D eigenvalue weighted by Crippen LogP contribution is 2.39. The molecule has 1 aliphatic carbocycles. The largest absolute Gasteiger partial charge is 0.314 e. The molecule has 0 spiro atoms. The second-order valence-electron chi connectivity index (χ2n) is 7.27. The van der Waals surface area contributed by atoms with Crippen molar-refractivity contribution < 1.29 is 0 Å². The number of hydrogen-bond donors (Lipinski definition) is 1. The summed E-state index contributed by atoms with van der Waals surface area (Å²) in [7, 11) is 0. The van der Waals surface area contributed by atoms with Gasteiger partial charge in [0.25, 0.3) is 0 Å². The lowest BCUT2D eigenvalue weighted by Crippen LogP contribution is -2.40. The van der Waals surface area contributed by atoms with Gasteiger partial charge in [0.05, 0.1) is 0 Å². The quantitative estimate of drug-likeness (QED) is 0.813. The van der Waals surface area contributed by atoms with Gasteiger partial charge in [0, 0.05) is 12.6 Å². The molecule has 1 aromatic carbocycles. The number of rotatable bonds is 5. The molecule has 0 amide bonds. The van der Waals surface area contributed by atoms with Gasteiger partial charge >= 0.3 is 0 Å². The van der Waals surface area contributed by atoms with E-state index < -0.39 is 0 Å². The van der Waals surface area contributed by atoms with Crippen LogP contribution in [0, 0.1) is 19.3 Å². The summed E-state index contributed by atoms with van der Waals surface area (Å²) in [5, 5.41) is 3.71. The molecular weight excluding hydrogens is 242 g/mol. The standard InChI is InChI=1S/C19H31N/c1-15(2)20-14-19(8-6-5-7-9-19)13-18-11-16(3)10-17(4)12-18/h10-12,15,20H,5-9,13-14H2,1-4H3. The van der Waals surface area contributed by atoms with Crippen molar-refractivity contribution in [3.8, 4) is 0 Å². The Balaban J connectivity index is 2.13. The minimum absolute atomic E-state index is 0.489. The lowest BCUT2D eigenvalue weighted by Gasteiger charge is -2.38. The molecule has 0 aromatic heterocycles. The first-order chi connectivity index (χ1) is 9.49. The van der Waals surface area contributed by atoms with Crippen LogP contribution in [0.2, 0.25) is 0 Å². The van der Waals surface area contributed by atoms with Crippen LogP contribution in [-0.4, -0.2) is 12.6 Å². The summed E-state index contributed by atoms with van der Waals surface area (Å²) in [5.74, 6) is 0. The smallest absolute Gasteiger partial charge is 0.00134 e. The molecule has 0 saturated heterocycles. The predicted molar refractivity (Wildman–Crippen MR) is 88.3 cm³/mol. The van der Waals surface area contributed by atoms with Crippen LogP contribution in [0.15, 0.2) is 18.2 Å². The molecule has 0 aliphatic heterocycles. The Morgan fingerprint density at radius 3 is 2.15 bits per heavy atom. The van der Waals surface area contributed by atoms with Gasteiger partial charge in [-0.15, -0.1) is 0 Å². The van der Waals surface area contributed by atoms with E-state index in [1.165, 1.54) is 61.8 Å². The minimum atomic E-state index is 0.489. The summed E-state index contributed by atoms with van der Waals surface area (Å²) in [4.78, 5) is 0. The summed E-state index contributed by atoms with van der Waals surface area (Å²) < 4.78 is 0. The summed E-state index contributed by atoms with van der Waals surface area (Å²) in [6.07, 6.45) is 8.26. The van der Waals surface area contributed by atoms with Crippen molar-refractivity contribution in [2.75, 3.05) is 6.54 Å². The average Bonchev–Trinajstić information content (AvgIpc) is 2.36. The third-order valence-corrected chi connectivity index (χ3v) is 4.66. The van der Waals surface area contributed by atoms with E-state index in [1.54, 1.807) is 0 Å². The van der Waals surface area contributed by atoms with Crippen LogP contribution in [0.5, 0.6) is 0 Å². The zero-order valence-corrected chi connectivity index (χ0v) is 13.8. The molecule has 1 nitrogen and oxygen atoms in total. The maximum atomic E-state index is 3.71. The second-order valence-corrected chi connectivity index (χ2v) is 7.27. The zero-order valence-electron chi connectivity index (χ0n) is 13.8. The lowest BCUT2D eigenvalue weighted by molar-refractivity contribution is 0.176. The van der Waals surface area contributed by atoms with Crippen molar-refractivity contribution in [3.05, 3.63) is 34.9 Å². The van der Waals surface area contributed by atoms with Crippen molar-refractivity contribution in [1.29, 1.82) is 0 Å². The first-order valence-corrected chi connectivity index (χ1v) is 8.30. The molecule has 2 rings (SSSR count). The van der Waals surface area contributed by atoms with Crippen molar-refractivity contribution in [1.82, 2.24) is 5.32 Å². The molecule has 0 radical (unpaired) electrons. The van der Waals surface area contributed by atoms with Crippen molar-refractivity contribution >= 4 is 0 Å². The van der Waals surface area contributed by atoms with Gasteiger partial charge in [0.2, 0.25) is 0 Å². The van der Waals surface area contributed by atoms with Gasteiger partial charge < -0.3 is 5.32 Å². The fraction of sp³-hybridized carbons (Fsp3) is 0.684. The number of hydrogen-bond acceptors (Lipinski definition) is 1. The Kier molecular flexibility index (Phi) is 5.26. The average molecular weight is 273 g/mol. The monoisotopic (exact) mass is 273 g/mol. The van der Waals surface area contributed by atoms with Gasteiger partial charge in [0.15, 0.2) is 0 Å². The summed E-state index contributed by atoms with van der Waals surface area (Å²) in [5.41, 5.74) is 4.84. The topological polar surface area (TPSA) is 12.0 Å². The zero-order chi connectivity index (χ0) is 14.6. The fourth-order valence-electron chi connectivity index (χ4n) is 3.74. The third kappa shape index (κ3) is 4.34. The van der Waals surface area contributed by atoms with Crippen LogP contribution in [0.1, 0.15) is 62.6 Å². The molecular formula is C19H31N. The second kappa shape index (κ2) is 6.76. The van der Waals surface area contributed by atoms with Crippen molar-refractivity contribution in [3.63, 3.8) is 0 Å². The molecule has 1 aliphatic rings. The van der Waals surface area contributed by atoms with Gasteiger partial charge in [-0.1, -0.05) is 62.4 Å². The Labute approximate surface area is 125 Å². The number of nitrogens with one attached hydrogen (secondary N) is 1. The Hall–Kier alpha value is -0.820. The van der Waals surface area contributed by atoms with E-state index in [9.17, 15) is 0 Å². The van der Waals surface area contributed by atoms with Crippen LogP contribution < -0.4 is 5.32 Å². The molecule has 1 fully saturated rings. The van der Waals surface area contributed by atoms with Crippen LogP contribution in [0.25, 0.3) is 0 Å². The van der Waals surface area contributed by atoms with Crippen LogP contribution in [0.4, 0.5) is 0 Å². The first-order valence-electron chi connectivity index (χ1n) is 8.30. The maximum absolute atomic E-state index is 3.71. The van der Waals surface area contributed by atoms with E-state index in [-0.39, 0.29) is 0 Å².